The molecule has 5 rings (SSSR count). The Kier molecular flexibility index (Phi) is 3.95. The Bertz CT molecular complexity index is 1310. The quantitative estimate of drug-likeness (QED) is 0.422. The average Bonchev–Trinajstić information content (AvgIpc) is 3.16. The van der Waals surface area contributed by atoms with Crippen molar-refractivity contribution in [1.82, 2.24) is 19.5 Å². The topological polar surface area (TPSA) is 52.8 Å². The number of pyridine rings is 1. The third-order valence-electron chi connectivity index (χ3n) is 4.68. The molecule has 3 aromatic heterocycles. The molecule has 0 saturated carbocycles. The molecule has 5 aromatic rings. The van der Waals surface area contributed by atoms with E-state index in [1.54, 1.807) is 19.5 Å². The highest BCUT2D eigenvalue weighted by Crippen LogP contribution is 2.30. The molecule has 3 heterocycles. The van der Waals surface area contributed by atoms with E-state index in [0.717, 1.165) is 38.9 Å². The van der Waals surface area contributed by atoms with Crippen LogP contribution < -0.4 is 4.74 Å². The smallest absolute Gasteiger partial charge is 0.163 e. The number of rotatable bonds is 3. The monoisotopic (exact) mass is 386 g/mol. The molecule has 0 bridgehead atoms. The Balaban J connectivity index is 1.84. The summed E-state index contributed by atoms with van der Waals surface area (Å²) in [5.74, 6) is 2.16. The van der Waals surface area contributed by atoms with Crippen molar-refractivity contribution in [2.75, 3.05) is 7.11 Å². The van der Waals surface area contributed by atoms with Crippen LogP contribution in [-0.2, 0) is 0 Å². The number of hydrogen-bond donors (Lipinski definition) is 0. The predicted octanol–water partition coefficient (Wildman–Crippen LogP) is 5.30. The van der Waals surface area contributed by atoms with Gasteiger partial charge in [0.15, 0.2) is 5.82 Å². The van der Waals surface area contributed by atoms with Gasteiger partial charge in [0, 0.05) is 39.9 Å². The van der Waals surface area contributed by atoms with Crippen molar-refractivity contribution < 1.29 is 4.74 Å². The van der Waals surface area contributed by atoms with Gasteiger partial charge in [-0.15, -0.1) is 0 Å². The molecular formula is C22H15ClN4O. The molecule has 0 aliphatic rings. The molecule has 0 unspecified atom stereocenters. The fourth-order valence-electron chi connectivity index (χ4n) is 3.32. The summed E-state index contributed by atoms with van der Waals surface area (Å²) in [6.45, 7) is 0. The highest BCUT2D eigenvalue weighted by Gasteiger charge is 2.14. The van der Waals surface area contributed by atoms with Crippen LogP contribution in [0.3, 0.4) is 0 Å². The van der Waals surface area contributed by atoms with E-state index in [2.05, 4.69) is 9.55 Å². The average molecular weight is 387 g/mol. The molecule has 0 radical (unpaired) electrons. The first-order valence-corrected chi connectivity index (χ1v) is 9.14. The third kappa shape index (κ3) is 2.77. The lowest BCUT2D eigenvalue weighted by molar-refractivity contribution is 0.415. The first kappa shape index (κ1) is 16.7. The van der Waals surface area contributed by atoms with E-state index in [-0.39, 0.29) is 0 Å². The minimum atomic E-state index is 0.622. The van der Waals surface area contributed by atoms with Gasteiger partial charge in [0.05, 0.1) is 18.1 Å². The van der Waals surface area contributed by atoms with Crippen molar-refractivity contribution in [2.24, 2.45) is 0 Å². The van der Waals surface area contributed by atoms with Crippen LogP contribution in [0.5, 0.6) is 5.75 Å². The third-order valence-corrected chi connectivity index (χ3v) is 4.92. The molecule has 6 heteroatoms. The highest BCUT2D eigenvalue weighted by molar-refractivity contribution is 6.31. The lowest BCUT2D eigenvalue weighted by Gasteiger charge is -2.12. The van der Waals surface area contributed by atoms with Crippen LogP contribution in [0, 0.1) is 0 Å². The van der Waals surface area contributed by atoms with Crippen LogP contribution in [0.4, 0.5) is 0 Å². The summed E-state index contributed by atoms with van der Waals surface area (Å²) in [4.78, 5) is 13.8. The summed E-state index contributed by atoms with van der Waals surface area (Å²) in [5, 5.41) is 2.65. The van der Waals surface area contributed by atoms with Gasteiger partial charge in [-0.3, -0.25) is 4.98 Å². The maximum atomic E-state index is 6.16. The predicted molar refractivity (Wildman–Crippen MR) is 111 cm³/mol. The number of hydrogen-bond acceptors (Lipinski definition) is 4. The lowest BCUT2D eigenvalue weighted by Crippen LogP contribution is -2.02. The Labute approximate surface area is 166 Å². The fourth-order valence-corrected chi connectivity index (χ4v) is 3.50. The Hall–Kier alpha value is -3.44. The first-order chi connectivity index (χ1) is 13.7. The summed E-state index contributed by atoms with van der Waals surface area (Å²) in [6, 6.07) is 17.5. The summed E-state index contributed by atoms with van der Waals surface area (Å²) in [5.41, 5.74) is 2.71. The summed E-state index contributed by atoms with van der Waals surface area (Å²) < 4.78 is 7.47. The van der Waals surface area contributed by atoms with Crippen molar-refractivity contribution in [3.05, 3.63) is 78.2 Å². The van der Waals surface area contributed by atoms with Gasteiger partial charge in [-0.05, 0) is 54.6 Å². The molecule has 2 aromatic carbocycles. The molecule has 0 spiro atoms. The van der Waals surface area contributed by atoms with Gasteiger partial charge in [-0.1, -0.05) is 11.6 Å². The number of halogens is 1. The van der Waals surface area contributed by atoms with E-state index in [9.17, 15) is 0 Å². The number of nitrogens with zero attached hydrogens (tertiary/aromatic N) is 4. The van der Waals surface area contributed by atoms with Crippen LogP contribution in [0.15, 0.2) is 73.2 Å². The molecule has 0 fully saturated rings. The van der Waals surface area contributed by atoms with Gasteiger partial charge in [0.25, 0.3) is 0 Å². The lowest BCUT2D eigenvalue weighted by atomic mass is 10.2. The normalized spacial score (nSPS) is 11.2. The molecule has 0 atom stereocenters. The van der Waals surface area contributed by atoms with Gasteiger partial charge >= 0.3 is 0 Å². The maximum Gasteiger partial charge on any atom is 0.163 e. The zero-order valence-electron chi connectivity index (χ0n) is 15.0. The van der Waals surface area contributed by atoms with Crippen LogP contribution in [-0.4, -0.2) is 26.6 Å². The first-order valence-electron chi connectivity index (χ1n) is 8.76. The molecule has 0 N–H and O–H groups in total. The van der Waals surface area contributed by atoms with Gasteiger partial charge in [0.2, 0.25) is 0 Å². The van der Waals surface area contributed by atoms with Gasteiger partial charge in [-0.2, -0.15) is 0 Å². The second-order valence-corrected chi connectivity index (χ2v) is 6.82. The molecule has 0 saturated heterocycles. The maximum absolute atomic E-state index is 6.16. The Morgan fingerprint density at radius 2 is 1.93 bits per heavy atom. The van der Waals surface area contributed by atoms with Gasteiger partial charge in [-0.25, -0.2) is 9.97 Å². The zero-order chi connectivity index (χ0) is 19.1. The number of methoxy groups -OCH3 is 1. The molecule has 5 nitrogen and oxygen atoms in total. The van der Waals surface area contributed by atoms with E-state index >= 15 is 0 Å². The molecule has 0 amide bonds. The Morgan fingerprint density at radius 3 is 2.75 bits per heavy atom. The van der Waals surface area contributed by atoms with Crippen molar-refractivity contribution in [3.63, 3.8) is 0 Å². The standard InChI is InChI=1S/C22H15ClN4O/c1-28-17-5-6-19-18(12-17)22(26-21(25-19)15-3-2-9-24-13-15)27-10-8-14-11-16(23)4-7-20(14)27/h2-13H,1H3. The van der Waals surface area contributed by atoms with Crippen LogP contribution in [0.25, 0.3) is 39.0 Å². The van der Waals surface area contributed by atoms with Crippen LogP contribution in [0.1, 0.15) is 0 Å². The molecule has 0 aliphatic carbocycles. The largest absolute Gasteiger partial charge is 0.497 e. The van der Waals surface area contributed by atoms with E-state index < -0.39 is 0 Å². The molecule has 28 heavy (non-hydrogen) atoms. The number of aromatic nitrogens is 4. The van der Waals surface area contributed by atoms with Gasteiger partial charge < -0.3 is 9.30 Å². The molecular weight excluding hydrogens is 372 g/mol. The minimum absolute atomic E-state index is 0.622. The van der Waals surface area contributed by atoms with Crippen molar-refractivity contribution in [1.29, 1.82) is 0 Å². The number of benzene rings is 2. The van der Waals surface area contributed by atoms with E-state index in [1.165, 1.54) is 0 Å². The van der Waals surface area contributed by atoms with Crippen LogP contribution >= 0.6 is 11.6 Å². The van der Waals surface area contributed by atoms with Crippen LogP contribution in [0.2, 0.25) is 5.02 Å². The highest BCUT2D eigenvalue weighted by atomic mass is 35.5. The van der Waals surface area contributed by atoms with Crippen molar-refractivity contribution >= 4 is 33.4 Å². The SMILES string of the molecule is COc1ccc2nc(-c3cccnc3)nc(-n3ccc4cc(Cl)ccc43)c2c1. The van der Waals surface area contributed by atoms with Gasteiger partial charge in [0.1, 0.15) is 11.6 Å². The summed E-state index contributed by atoms with van der Waals surface area (Å²) >= 11 is 6.16. The molecule has 0 aliphatic heterocycles. The van der Waals surface area contributed by atoms with Crippen molar-refractivity contribution in [2.45, 2.75) is 0 Å². The number of ether oxygens (including phenoxy) is 1. The minimum Gasteiger partial charge on any atom is -0.497 e. The Morgan fingerprint density at radius 1 is 1.00 bits per heavy atom. The second-order valence-electron chi connectivity index (χ2n) is 6.38. The van der Waals surface area contributed by atoms with E-state index in [4.69, 9.17) is 26.3 Å². The zero-order valence-corrected chi connectivity index (χ0v) is 15.8. The molecule has 136 valence electrons. The second kappa shape index (κ2) is 6.62. The number of fused-ring (bicyclic) bond motifs is 2. The summed E-state index contributed by atoms with van der Waals surface area (Å²) in [6.07, 6.45) is 5.50. The fraction of sp³-hybridized carbons (Fsp3) is 0.0455. The van der Waals surface area contributed by atoms with E-state index in [1.807, 2.05) is 60.8 Å². The van der Waals surface area contributed by atoms with Crippen molar-refractivity contribution in [3.8, 4) is 23.0 Å². The summed E-state index contributed by atoms with van der Waals surface area (Å²) in [7, 11) is 1.65. The van der Waals surface area contributed by atoms with E-state index in [0.29, 0.717) is 10.8 Å².